The van der Waals surface area contributed by atoms with Gasteiger partial charge in [-0.2, -0.15) is 0 Å². The van der Waals surface area contributed by atoms with Gasteiger partial charge < -0.3 is 10.1 Å². The van der Waals surface area contributed by atoms with E-state index in [1.54, 1.807) is 12.4 Å². The van der Waals surface area contributed by atoms with Crippen molar-refractivity contribution in [1.82, 2.24) is 9.97 Å². The lowest BCUT2D eigenvalue weighted by atomic mass is 10.1. The van der Waals surface area contributed by atoms with Gasteiger partial charge in [-0.3, -0.25) is 0 Å². The Hall–Kier alpha value is -1.32. The van der Waals surface area contributed by atoms with Gasteiger partial charge in [-0.15, -0.1) is 0 Å². The maximum absolute atomic E-state index is 9.03. The van der Waals surface area contributed by atoms with Gasteiger partial charge in [0.05, 0.1) is 24.3 Å². The van der Waals surface area contributed by atoms with E-state index in [4.69, 9.17) is 16.7 Å². The van der Waals surface area contributed by atoms with E-state index in [0.29, 0.717) is 10.7 Å². The van der Waals surface area contributed by atoms with Crippen LogP contribution in [0, 0.1) is 0 Å². The predicted octanol–water partition coefficient (Wildman–Crippen LogP) is 2.22. The number of nitrogens with zero attached hydrogens (tertiary/aromatic N) is 1. The average Bonchev–Trinajstić information content (AvgIpc) is 2.66. The zero-order chi connectivity index (χ0) is 9.97. The van der Waals surface area contributed by atoms with Gasteiger partial charge in [0.15, 0.2) is 0 Å². The first kappa shape index (κ1) is 9.24. The number of halogens is 1. The third-order valence-corrected chi connectivity index (χ3v) is 2.34. The van der Waals surface area contributed by atoms with Crippen molar-refractivity contribution >= 4 is 11.6 Å². The summed E-state index contributed by atoms with van der Waals surface area (Å²) in [4.78, 5) is 6.95. The van der Waals surface area contributed by atoms with Gasteiger partial charge in [-0.25, -0.2) is 4.98 Å². The number of aromatic nitrogens is 2. The largest absolute Gasteiger partial charge is 0.390 e. The van der Waals surface area contributed by atoms with Crippen LogP contribution >= 0.6 is 11.6 Å². The van der Waals surface area contributed by atoms with E-state index in [0.717, 1.165) is 11.3 Å². The summed E-state index contributed by atoms with van der Waals surface area (Å²) in [6.07, 6.45) is 1.55. The highest BCUT2D eigenvalue weighted by Crippen LogP contribution is 2.27. The zero-order valence-electron chi connectivity index (χ0n) is 7.37. The Bertz CT molecular complexity index is 439. The molecule has 1 aromatic heterocycles. The number of rotatable bonds is 2. The van der Waals surface area contributed by atoms with Gasteiger partial charge in [0.1, 0.15) is 0 Å². The lowest BCUT2D eigenvalue weighted by molar-refractivity contribution is 0.278. The molecule has 2 rings (SSSR count). The van der Waals surface area contributed by atoms with Crippen LogP contribution in [0.5, 0.6) is 0 Å². The molecule has 0 amide bonds. The first-order chi connectivity index (χ1) is 6.83. The molecule has 0 aliphatic heterocycles. The molecule has 72 valence electrons. The molecule has 2 aromatic rings. The smallest absolute Gasteiger partial charge is 0.0929 e. The second kappa shape index (κ2) is 3.82. The second-order valence-corrected chi connectivity index (χ2v) is 3.27. The van der Waals surface area contributed by atoms with Crippen LogP contribution in [0.1, 0.15) is 5.69 Å². The summed E-state index contributed by atoms with van der Waals surface area (Å²) in [5.41, 5.74) is 2.24. The Morgan fingerprint density at radius 2 is 2.14 bits per heavy atom. The molecule has 2 N–H and O–H groups in total. The van der Waals surface area contributed by atoms with Crippen molar-refractivity contribution in [3.63, 3.8) is 0 Å². The summed E-state index contributed by atoms with van der Waals surface area (Å²) in [5.74, 6) is 0. The van der Waals surface area contributed by atoms with Crippen LogP contribution in [0.2, 0.25) is 5.02 Å². The quantitative estimate of drug-likeness (QED) is 0.795. The van der Waals surface area contributed by atoms with Gasteiger partial charge in [0, 0.05) is 10.6 Å². The van der Waals surface area contributed by atoms with Crippen LogP contribution < -0.4 is 0 Å². The molecule has 14 heavy (non-hydrogen) atoms. The van der Waals surface area contributed by atoms with Crippen molar-refractivity contribution in [3.05, 3.63) is 41.3 Å². The van der Waals surface area contributed by atoms with Crippen molar-refractivity contribution in [2.45, 2.75) is 6.61 Å². The van der Waals surface area contributed by atoms with Crippen LogP contribution in [0.4, 0.5) is 0 Å². The first-order valence-corrected chi connectivity index (χ1v) is 4.58. The average molecular weight is 209 g/mol. The van der Waals surface area contributed by atoms with E-state index in [1.165, 1.54) is 0 Å². The number of aromatic amines is 1. The molecule has 3 nitrogen and oxygen atoms in total. The molecule has 4 heteroatoms. The first-order valence-electron chi connectivity index (χ1n) is 4.21. The lowest BCUT2D eigenvalue weighted by Crippen LogP contribution is -1.88. The molecule has 0 aliphatic rings. The molecule has 0 atom stereocenters. The predicted molar refractivity (Wildman–Crippen MR) is 55.0 cm³/mol. The van der Waals surface area contributed by atoms with E-state index < -0.39 is 0 Å². The van der Waals surface area contributed by atoms with Crippen molar-refractivity contribution < 1.29 is 5.11 Å². The standard InChI is InChI=1S/C10H9ClN2O/c11-8-4-2-1-3-7(8)10-9(5-14)12-6-13-10/h1-4,6,14H,5H2,(H,12,13). The minimum absolute atomic E-state index is 0.0932. The second-order valence-electron chi connectivity index (χ2n) is 2.86. The highest BCUT2D eigenvalue weighted by atomic mass is 35.5. The highest BCUT2D eigenvalue weighted by Gasteiger charge is 2.09. The zero-order valence-corrected chi connectivity index (χ0v) is 8.12. The van der Waals surface area contributed by atoms with Crippen LogP contribution in [-0.2, 0) is 6.61 Å². The molecule has 0 radical (unpaired) electrons. The lowest BCUT2D eigenvalue weighted by Gasteiger charge is -2.02. The molecule has 0 aliphatic carbocycles. The number of imidazole rings is 1. The monoisotopic (exact) mass is 208 g/mol. The summed E-state index contributed by atoms with van der Waals surface area (Å²) in [6.45, 7) is -0.0932. The molecule has 0 saturated heterocycles. The third kappa shape index (κ3) is 1.52. The Morgan fingerprint density at radius 1 is 1.36 bits per heavy atom. The third-order valence-electron chi connectivity index (χ3n) is 2.01. The van der Waals surface area contributed by atoms with Gasteiger partial charge in [-0.05, 0) is 6.07 Å². The molecule has 0 saturated carbocycles. The maximum atomic E-state index is 9.03. The minimum Gasteiger partial charge on any atom is -0.390 e. The van der Waals surface area contributed by atoms with Gasteiger partial charge in [-0.1, -0.05) is 29.8 Å². The van der Waals surface area contributed by atoms with Crippen molar-refractivity contribution in [2.24, 2.45) is 0 Å². The topological polar surface area (TPSA) is 48.9 Å². The number of aliphatic hydroxyl groups is 1. The highest BCUT2D eigenvalue weighted by molar-refractivity contribution is 6.33. The molecule has 0 fully saturated rings. The number of aliphatic hydroxyl groups excluding tert-OH is 1. The number of hydrogen-bond donors (Lipinski definition) is 2. The minimum atomic E-state index is -0.0932. The molecular formula is C10H9ClN2O. The van der Waals surface area contributed by atoms with Crippen LogP contribution in [0.3, 0.4) is 0 Å². The summed E-state index contributed by atoms with van der Waals surface area (Å²) in [7, 11) is 0. The van der Waals surface area contributed by atoms with E-state index in [2.05, 4.69) is 9.97 Å². The number of H-pyrrole nitrogens is 1. The fourth-order valence-electron chi connectivity index (χ4n) is 1.34. The van der Waals surface area contributed by atoms with Gasteiger partial charge >= 0.3 is 0 Å². The van der Waals surface area contributed by atoms with Crippen molar-refractivity contribution in [1.29, 1.82) is 0 Å². The van der Waals surface area contributed by atoms with E-state index >= 15 is 0 Å². The van der Waals surface area contributed by atoms with Crippen molar-refractivity contribution in [2.75, 3.05) is 0 Å². The van der Waals surface area contributed by atoms with Crippen molar-refractivity contribution in [3.8, 4) is 11.3 Å². The normalized spacial score (nSPS) is 10.4. The fourth-order valence-corrected chi connectivity index (χ4v) is 1.57. The number of benzene rings is 1. The molecule has 0 spiro atoms. The SMILES string of the molecule is OCc1nc[nH]c1-c1ccccc1Cl. The Morgan fingerprint density at radius 3 is 2.86 bits per heavy atom. The van der Waals surface area contributed by atoms with E-state index in [1.807, 2.05) is 18.2 Å². The fraction of sp³-hybridized carbons (Fsp3) is 0.100. The van der Waals surface area contributed by atoms with E-state index in [9.17, 15) is 0 Å². The maximum Gasteiger partial charge on any atom is 0.0929 e. The Labute approximate surface area is 86.4 Å². The molecule has 1 aromatic carbocycles. The summed E-state index contributed by atoms with van der Waals surface area (Å²) in [6, 6.07) is 7.44. The van der Waals surface area contributed by atoms with Crippen LogP contribution in [0.25, 0.3) is 11.3 Å². The molecule has 1 heterocycles. The van der Waals surface area contributed by atoms with E-state index in [-0.39, 0.29) is 6.61 Å². The number of hydrogen-bond acceptors (Lipinski definition) is 2. The van der Waals surface area contributed by atoms with Crippen LogP contribution in [-0.4, -0.2) is 15.1 Å². The summed E-state index contributed by atoms with van der Waals surface area (Å²) >= 11 is 6.02. The molecule has 0 unspecified atom stereocenters. The Kier molecular flexibility index (Phi) is 2.52. The summed E-state index contributed by atoms with van der Waals surface area (Å²) in [5, 5.41) is 9.68. The van der Waals surface area contributed by atoms with Gasteiger partial charge in [0.2, 0.25) is 0 Å². The van der Waals surface area contributed by atoms with Gasteiger partial charge in [0.25, 0.3) is 0 Å². The molecular weight excluding hydrogens is 200 g/mol. The van der Waals surface area contributed by atoms with Crippen LogP contribution in [0.15, 0.2) is 30.6 Å². The molecule has 0 bridgehead atoms. The number of nitrogens with one attached hydrogen (secondary N) is 1. The Balaban J connectivity index is 2.54. The summed E-state index contributed by atoms with van der Waals surface area (Å²) < 4.78 is 0.